The van der Waals surface area contributed by atoms with Crippen LogP contribution >= 0.6 is 11.6 Å². The van der Waals surface area contributed by atoms with E-state index in [0.29, 0.717) is 10.8 Å². The van der Waals surface area contributed by atoms with Crippen molar-refractivity contribution in [1.29, 1.82) is 0 Å². The fraction of sp³-hybridized carbons (Fsp3) is 0.294. The highest BCUT2D eigenvalue weighted by Gasteiger charge is 2.10. The van der Waals surface area contributed by atoms with E-state index < -0.39 is 0 Å². The number of hydrogen-bond donors (Lipinski definition) is 1. The van der Waals surface area contributed by atoms with Crippen LogP contribution in [0.2, 0.25) is 5.02 Å². The van der Waals surface area contributed by atoms with Gasteiger partial charge in [0.2, 0.25) is 0 Å². The molecular formula is C17H20ClNO2. The molecule has 2 rings (SSSR count). The molecule has 1 atom stereocenters. The van der Waals surface area contributed by atoms with Crippen LogP contribution in [-0.2, 0) is 0 Å². The third kappa shape index (κ3) is 3.82. The van der Waals surface area contributed by atoms with E-state index in [2.05, 4.69) is 24.4 Å². The Morgan fingerprint density at radius 1 is 1.05 bits per heavy atom. The molecule has 0 spiro atoms. The Labute approximate surface area is 130 Å². The van der Waals surface area contributed by atoms with Crippen molar-refractivity contribution in [2.24, 2.45) is 0 Å². The summed E-state index contributed by atoms with van der Waals surface area (Å²) in [5.74, 6) is 1.54. The van der Waals surface area contributed by atoms with Crippen LogP contribution in [0, 0.1) is 0 Å². The Balaban J connectivity index is 2.18. The van der Waals surface area contributed by atoms with Crippen molar-refractivity contribution in [2.75, 3.05) is 19.5 Å². The van der Waals surface area contributed by atoms with Crippen molar-refractivity contribution in [1.82, 2.24) is 0 Å². The van der Waals surface area contributed by atoms with E-state index in [1.54, 1.807) is 14.2 Å². The number of benzene rings is 2. The lowest BCUT2D eigenvalue weighted by Gasteiger charge is -2.19. The quantitative estimate of drug-likeness (QED) is 0.821. The van der Waals surface area contributed by atoms with Gasteiger partial charge in [-0.1, -0.05) is 30.7 Å². The van der Waals surface area contributed by atoms with Gasteiger partial charge in [0.05, 0.1) is 25.3 Å². The molecule has 0 saturated carbocycles. The van der Waals surface area contributed by atoms with Crippen molar-refractivity contribution in [3.8, 4) is 11.5 Å². The summed E-state index contributed by atoms with van der Waals surface area (Å²) in [4.78, 5) is 0. The minimum absolute atomic E-state index is 0.224. The van der Waals surface area contributed by atoms with Crippen LogP contribution in [0.25, 0.3) is 0 Å². The van der Waals surface area contributed by atoms with E-state index in [4.69, 9.17) is 21.1 Å². The second-order valence-electron chi connectivity index (χ2n) is 4.73. The average molecular weight is 306 g/mol. The van der Waals surface area contributed by atoms with E-state index in [9.17, 15) is 0 Å². The van der Waals surface area contributed by atoms with Crippen LogP contribution < -0.4 is 14.8 Å². The molecule has 0 heterocycles. The first kappa shape index (κ1) is 15.5. The van der Waals surface area contributed by atoms with Crippen LogP contribution in [0.15, 0.2) is 42.5 Å². The molecule has 0 aliphatic rings. The molecule has 2 aromatic carbocycles. The minimum atomic E-state index is 0.224. The largest absolute Gasteiger partial charge is 0.497 e. The molecule has 2 aromatic rings. The average Bonchev–Trinajstić information content (AvgIpc) is 2.54. The van der Waals surface area contributed by atoms with Crippen molar-refractivity contribution in [3.63, 3.8) is 0 Å². The lowest BCUT2D eigenvalue weighted by atomic mass is 10.0. The second kappa shape index (κ2) is 7.23. The number of hydrogen-bond acceptors (Lipinski definition) is 3. The summed E-state index contributed by atoms with van der Waals surface area (Å²) in [7, 11) is 3.29. The zero-order valence-electron chi connectivity index (χ0n) is 12.5. The second-order valence-corrected chi connectivity index (χ2v) is 5.13. The minimum Gasteiger partial charge on any atom is -0.497 e. The summed E-state index contributed by atoms with van der Waals surface area (Å²) in [6, 6.07) is 14.0. The molecule has 0 aliphatic carbocycles. The summed E-state index contributed by atoms with van der Waals surface area (Å²) >= 11 is 6.05. The molecular weight excluding hydrogens is 286 g/mol. The fourth-order valence-electron chi connectivity index (χ4n) is 2.21. The van der Waals surface area contributed by atoms with E-state index >= 15 is 0 Å². The first-order chi connectivity index (χ1) is 10.2. The van der Waals surface area contributed by atoms with Crippen LogP contribution in [-0.4, -0.2) is 14.2 Å². The molecule has 4 heteroatoms. The van der Waals surface area contributed by atoms with E-state index in [-0.39, 0.29) is 6.04 Å². The molecule has 0 aliphatic heterocycles. The highest BCUT2D eigenvalue weighted by molar-refractivity contribution is 6.32. The smallest absolute Gasteiger partial charge is 0.139 e. The van der Waals surface area contributed by atoms with Gasteiger partial charge in [0.1, 0.15) is 11.5 Å². The van der Waals surface area contributed by atoms with Gasteiger partial charge in [-0.3, -0.25) is 0 Å². The Bertz CT molecular complexity index is 584. The number of ether oxygens (including phenoxy) is 2. The molecule has 0 aromatic heterocycles. The van der Waals surface area contributed by atoms with Crippen LogP contribution in [0.3, 0.4) is 0 Å². The molecule has 21 heavy (non-hydrogen) atoms. The van der Waals surface area contributed by atoms with Gasteiger partial charge < -0.3 is 14.8 Å². The summed E-state index contributed by atoms with van der Waals surface area (Å²) in [6.45, 7) is 2.15. The lowest BCUT2D eigenvalue weighted by molar-refractivity contribution is 0.414. The van der Waals surface area contributed by atoms with Crippen molar-refractivity contribution in [2.45, 2.75) is 19.4 Å². The number of methoxy groups -OCH3 is 2. The monoisotopic (exact) mass is 305 g/mol. The molecule has 0 bridgehead atoms. The summed E-state index contributed by atoms with van der Waals surface area (Å²) < 4.78 is 10.4. The maximum atomic E-state index is 6.05. The maximum Gasteiger partial charge on any atom is 0.139 e. The lowest BCUT2D eigenvalue weighted by Crippen LogP contribution is -2.09. The molecule has 0 saturated heterocycles. The zero-order chi connectivity index (χ0) is 15.2. The summed E-state index contributed by atoms with van der Waals surface area (Å²) in [5, 5.41) is 4.12. The van der Waals surface area contributed by atoms with Gasteiger partial charge in [-0.2, -0.15) is 0 Å². The topological polar surface area (TPSA) is 30.5 Å². The number of anilines is 1. The SMILES string of the molecule is CCC(Nc1ccc(Cl)c(OC)c1)c1ccc(OC)cc1. The van der Waals surface area contributed by atoms with Gasteiger partial charge >= 0.3 is 0 Å². The van der Waals surface area contributed by atoms with Gasteiger partial charge in [0, 0.05) is 11.8 Å². The first-order valence-electron chi connectivity index (χ1n) is 6.92. The summed E-state index contributed by atoms with van der Waals surface area (Å²) in [6.07, 6.45) is 0.970. The van der Waals surface area contributed by atoms with E-state index in [1.807, 2.05) is 30.3 Å². The van der Waals surface area contributed by atoms with E-state index in [0.717, 1.165) is 17.9 Å². The third-order valence-electron chi connectivity index (χ3n) is 3.42. The van der Waals surface area contributed by atoms with Gasteiger partial charge in [-0.15, -0.1) is 0 Å². The maximum absolute atomic E-state index is 6.05. The molecule has 0 amide bonds. The molecule has 112 valence electrons. The Hall–Kier alpha value is -1.87. The van der Waals surface area contributed by atoms with Gasteiger partial charge in [0.15, 0.2) is 0 Å². The molecule has 0 fully saturated rings. The van der Waals surface area contributed by atoms with Crippen LogP contribution in [0.4, 0.5) is 5.69 Å². The molecule has 1 unspecified atom stereocenters. The first-order valence-corrected chi connectivity index (χ1v) is 7.29. The van der Waals surface area contributed by atoms with Crippen LogP contribution in [0.5, 0.6) is 11.5 Å². The zero-order valence-corrected chi connectivity index (χ0v) is 13.3. The normalized spacial score (nSPS) is 11.8. The predicted molar refractivity (Wildman–Crippen MR) is 87.7 cm³/mol. The third-order valence-corrected chi connectivity index (χ3v) is 3.73. The van der Waals surface area contributed by atoms with Gasteiger partial charge in [-0.05, 0) is 36.2 Å². The number of nitrogens with one attached hydrogen (secondary N) is 1. The van der Waals surface area contributed by atoms with Crippen molar-refractivity contribution >= 4 is 17.3 Å². The summed E-state index contributed by atoms with van der Waals surface area (Å²) in [5.41, 5.74) is 2.20. The molecule has 0 radical (unpaired) electrons. The van der Waals surface area contributed by atoms with Gasteiger partial charge in [0.25, 0.3) is 0 Å². The highest BCUT2D eigenvalue weighted by atomic mass is 35.5. The Kier molecular flexibility index (Phi) is 5.34. The highest BCUT2D eigenvalue weighted by Crippen LogP contribution is 2.30. The predicted octanol–water partition coefficient (Wildman–Crippen LogP) is 4.92. The number of halogens is 1. The van der Waals surface area contributed by atoms with Crippen molar-refractivity contribution < 1.29 is 9.47 Å². The number of rotatable bonds is 6. The fourth-order valence-corrected chi connectivity index (χ4v) is 2.40. The molecule has 1 N–H and O–H groups in total. The Morgan fingerprint density at radius 3 is 2.33 bits per heavy atom. The molecule has 3 nitrogen and oxygen atoms in total. The van der Waals surface area contributed by atoms with Gasteiger partial charge in [-0.25, -0.2) is 0 Å². The van der Waals surface area contributed by atoms with Crippen LogP contribution in [0.1, 0.15) is 24.9 Å². The Morgan fingerprint density at radius 2 is 1.76 bits per heavy atom. The van der Waals surface area contributed by atoms with E-state index in [1.165, 1.54) is 5.56 Å². The van der Waals surface area contributed by atoms with Crippen molar-refractivity contribution in [3.05, 3.63) is 53.1 Å². The standard InChI is InChI=1S/C17H20ClNO2/c1-4-16(12-5-8-14(20-2)9-6-12)19-13-7-10-15(18)17(11-13)21-3/h5-11,16,19H,4H2,1-3H3.